The Morgan fingerprint density at radius 3 is 2.86 bits per heavy atom. The normalized spacial score (nSPS) is 10.5. The van der Waals surface area contributed by atoms with Crippen LogP contribution in [0, 0.1) is 0 Å². The molecular weight excluding hydrogens is 330 g/mol. The van der Waals surface area contributed by atoms with Crippen molar-refractivity contribution in [2.45, 2.75) is 0 Å². The van der Waals surface area contributed by atoms with Gasteiger partial charge in [-0.25, -0.2) is 0 Å². The van der Waals surface area contributed by atoms with Gasteiger partial charge in [0.2, 0.25) is 0 Å². The van der Waals surface area contributed by atoms with Gasteiger partial charge in [0.1, 0.15) is 0 Å². The Morgan fingerprint density at radius 1 is 1.14 bits per heavy atom. The van der Waals surface area contributed by atoms with Crippen LogP contribution in [0.5, 0.6) is 0 Å². The Kier molecular flexibility index (Phi) is 3.58. The van der Waals surface area contributed by atoms with Gasteiger partial charge < -0.3 is 11.1 Å². The molecule has 0 fully saturated rings. The topological polar surface area (TPSA) is 68.0 Å². The minimum absolute atomic E-state index is 0.217. The summed E-state index contributed by atoms with van der Waals surface area (Å²) >= 11 is 3.37. The van der Waals surface area contributed by atoms with E-state index >= 15 is 0 Å². The van der Waals surface area contributed by atoms with Gasteiger partial charge >= 0.3 is 0 Å². The second-order valence-corrected chi connectivity index (χ2v) is 5.42. The number of benzene rings is 2. The molecule has 0 bridgehead atoms. The molecule has 1 aromatic heterocycles. The monoisotopic (exact) mass is 341 g/mol. The molecule has 21 heavy (non-hydrogen) atoms. The van der Waals surface area contributed by atoms with E-state index in [0.717, 1.165) is 16.6 Å². The number of carbonyl (C=O) groups is 1. The number of hydrogen-bond donors (Lipinski definition) is 2. The highest BCUT2D eigenvalue weighted by Crippen LogP contribution is 2.24. The lowest BCUT2D eigenvalue weighted by molar-refractivity contribution is 0.102. The zero-order chi connectivity index (χ0) is 14.8. The Balaban J connectivity index is 1.99. The number of carbonyl (C=O) groups excluding carboxylic acids is 1. The molecule has 0 saturated carbocycles. The SMILES string of the molecule is Nc1ccc(Br)c(C(=O)Nc2cccc3ncccc23)c1. The lowest BCUT2D eigenvalue weighted by Gasteiger charge is -2.10. The fourth-order valence-corrected chi connectivity index (χ4v) is 2.55. The van der Waals surface area contributed by atoms with E-state index in [4.69, 9.17) is 5.73 Å². The van der Waals surface area contributed by atoms with Crippen LogP contribution in [-0.2, 0) is 0 Å². The third-order valence-electron chi connectivity index (χ3n) is 3.13. The van der Waals surface area contributed by atoms with Gasteiger partial charge in [0.25, 0.3) is 5.91 Å². The summed E-state index contributed by atoms with van der Waals surface area (Å²) in [6, 6.07) is 14.5. The maximum Gasteiger partial charge on any atom is 0.256 e. The van der Waals surface area contributed by atoms with E-state index in [-0.39, 0.29) is 5.91 Å². The number of nitrogens with one attached hydrogen (secondary N) is 1. The molecule has 104 valence electrons. The van der Waals surface area contributed by atoms with E-state index in [0.29, 0.717) is 15.7 Å². The van der Waals surface area contributed by atoms with Gasteiger partial charge in [0.05, 0.1) is 16.8 Å². The van der Waals surface area contributed by atoms with E-state index < -0.39 is 0 Å². The summed E-state index contributed by atoms with van der Waals surface area (Å²) < 4.78 is 0.701. The first-order chi connectivity index (χ1) is 10.1. The van der Waals surface area contributed by atoms with Crippen LogP contribution in [0.3, 0.4) is 0 Å². The number of fused-ring (bicyclic) bond motifs is 1. The van der Waals surface area contributed by atoms with Crippen LogP contribution >= 0.6 is 15.9 Å². The van der Waals surface area contributed by atoms with Crippen molar-refractivity contribution in [1.82, 2.24) is 4.98 Å². The van der Waals surface area contributed by atoms with Crippen LogP contribution in [0.2, 0.25) is 0 Å². The van der Waals surface area contributed by atoms with Crippen LogP contribution < -0.4 is 11.1 Å². The summed E-state index contributed by atoms with van der Waals surface area (Å²) in [5, 5.41) is 3.80. The van der Waals surface area contributed by atoms with Crippen LogP contribution in [-0.4, -0.2) is 10.9 Å². The number of anilines is 2. The van der Waals surface area contributed by atoms with Gasteiger partial charge in [-0.1, -0.05) is 6.07 Å². The van der Waals surface area contributed by atoms with Crippen molar-refractivity contribution in [3.05, 3.63) is 64.8 Å². The summed E-state index contributed by atoms with van der Waals surface area (Å²) in [6.45, 7) is 0. The molecule has 0 saturated heterocycles. The standard InChI is InChI=1S/C16H12BrN3O/c17-13-7-6-10(18)9-12(13)16(21)20-15-5-1-4-14-11(15)3-2-8-19-14/h1-9H,18H2,(H,20,21). The number of nitrogen functional groups attached to an aromatic ring is 1. The summed E-state index contributed by atoms with van der Waals surface area (Å²) in [6.07, 6.45) is 1.72. The first-order valence-electron chi connectivity index (χ1n) is 6.35. The summed E-state index contributed by atoms with van der Waals surface area (Å²) in [7, 11) is 0. The molecular formula is C16H12BrN3O. The third kappa shape index (κ3) is 2.73. The summed E-state index contributed by atoms with van der Waals surface area (Å²) in [5.74, 6) is -0.217. The Hall–Kier alpha value is -2.40. The second-order valence-electron chi connectivity index (χ2n) is 4.57. The van der Waals surface area contributed by atoms with Crippen molar-refractivity contribution < 1.29 is 4.79 Å². The average Bonchev–Trinajstić information content (AvgIpc) is 2.50. The number of rotatable bonds is 2. The van der Waals surface area contributed by atoms with E-state index in [1.807, 2.05) is 30.3 Å². The van der Waals surface area contributed by atoms with Crippen molar-refractivity contribution in [2.24, 2.45) is 0 Å². The van der Waals surface area contributed by atoms with Gasteiger partial charge in [0.15, 0.2) is 0 Å². The van der Waals surface area contributed by atoms with Crippen molar-refractivity contribution in [3.8, 4) is 0 Å². The summed E-state index contributed by atoms with van der Waals surface area (Å²) in [4.78, 5) is 16.7. The first kappa shape index (κ1) is 13.6. The number of halogens is 1. The van der Waals surface area contributed by atoms with Crippen LogP contribution in [0.15, 0.2) is 59.2 Å². The smallest absolute Gasteiger partial charge is 0.256 e. The molecule has 4 nitrogen and oxygen atoms in total. The minimum atomic E-state index is -0.217. The molecule has 1 amide bonds. The maximum absolute atomic E-state index is 12.4. The Bertz CT molecular complexity index is 827. The fraction of sp³-hybridized carbons (Fsp3) is 0. The summed E-state index contributed by atoms with van der Waals surface area (Å²) in [5.41, 5.74) is 8.34. The average molecular weight is 342 g/mol. The lowest BCUT2D eigenvalue weighted by atomic mass is 10.1. The Labute approximate surface area is 130 Å². The predicted octanol–water partition coefficient (Wildman–Crippen LogP) is 3.83. The number of nitrogens with two attached hydrogens (primary N) is 1. The quantitative estimate of drug-likeness (QED) is 0.696. The molecule has 0 unspecified atom stereocenters. The lowest BCUT2D eigenvalue weighted by Crippen LogP contribution is -2.13. The van der Waals surface area contributed by atoms with E-state index in [2.05, 4.69) is 26.2 Å². The number of nitrogens with zero attached hydrogens (tertiary/aromatic N) is 1. The zero-order valence-corrected chi connectivity index (χ0v) is 12.6. The molecule has 0 aliphatic carbocycles. The second kappa shape index (κ2) is 5.54. The van der Waals surface area contributed by atoms with Gasteiger partial charge in [-0.3, -0.25) is 9.78 Å². The van der Waals surface area contributed by atoms with Crippen molar-refractivity contribution in [3.63, 3.8) is 0 Å². The Morgan fingerprint density at radius 2 is 2.00 bits per heavy atom. The largest absolute Gasteiger partial charge is 0.399 e. The van der Waals surface area contributed by atoms with Crippen molar-refractivity contribution in [1.29, 1.82) is 0 Å². The number of pyridine rings is 1. The highest BCUT2D eigenvalue weighted by atomic mass is 79.9. The molecule has 0 radical (unpaired) electrons. The molecule has 0 aliphatic heterocycles. The van der Waals surface area contributed by atoms with Crippen LogP contribution in [0.25, 0.3) is 10.9 Å². The molecule has 3 rings (SSSR count). The molecule has 0 spiro atoms. The van der Waals surface area contributed by atoms with E-state index in [9.17, 15) is 4.79 Å². The maximum atomic E-state index is 12.4. The van der Waals surface area contributed by atoms with E-state index in [1.54, 1.807) is 24.4 Å². The van der Waals surface area contributed by atoms with Gasteiger partial charge in [-0.05, 0) is 58.4 Å². The van der Waals surface area contributed by atoms with Crippen LogP contribution in [0.4, 0.5) is 11.4 Å². The number of amides is 1. The number of hydrogen-bond acceptors (Lipinski definition) is 3. The molecule has 2 aromatic carbocycles. The highest BCUT2D eigenvalue weighted by molar-refractivity contribution is 9.10. The van der Waals surface area contributed by atoms with E-state index in [1.165, 1.54) is 0 Å². The molecule has 3 aromatic rings. The molecule has 5 heteroatoms. The minimum Gasteiger partial charge on any atom is -0.399 e. The molecule has 1 heterocycles. The third-order valence-corrected chi connectivity index (χ3v) is 3.82. The molecule has 0 atom stereocenters. The highest BCUT2D eigenvalue weighted by Gasteiger charge is 2.12. The van der Waals surface area contributed by atoms with Crippen LogP contribution in [0.1, 0.15) is 10.4 Å². The van der Waals surface area contributed by atoms with Crippen molar-refractivity contribution in [2.75, 3.05) is 11.1 Å². The van der Waals surface area contributed by atoms with Crippen molar-refractivity contribution >= 4 is 44.1 Å². The molecule has 3 N–H and O–H groups in total. The molecule has 0 aliphatic rings. The van der Waals surface area contributed by atoms with Gasteiger partial charge in [-0.15, -0.1) is 0 Å². The fourth-order valence-electron chi connectivity index (χ4n) is 2.12. The predicted molar refractivity (Wildman–Crippen MR) is 88.3 cm³/mol. The zero-order valence-electron chi connectivity index (χ0n) is 11.0. The first-order valence-corrected chi connectivity index (χ1v) is 7.14. The number of aromatic nitrogens is 1. The van der Waals surface area contributed by atoms with Gasteiger partial charge in [-0.2, -0.15) is 0 Å². The van der Waals surface area contributed by atoms with Gasteiger partial charge in [0, 0.05) is 21.7 Å².